The molecular weight excluding hydrogens is 520 g/mol. The van der Waals surface area contributed by atoms with Gasteiger partial charge in [-0.15, -0.1) is 0 Å². The topological polar surface area (TPSA) is 17.8 Å². The van der Waals surface area contributed by atoms with Crippen LogP contribution >= 0.6 is 0 Å². The summed E-state index contributed by atoms with van der Waals surface area (Å²) in [5.74, 6) is 1.68. The highest BCUT2D eigenvalue weighted by molar-refractivity contribution is 5.33. The van der Waals surface area contributed by atoms with Gasteiger partial charge in [0.15, 0.2) is 0 Å². The summed E-state index contributed by atoms with van der Waals surface area (Å²) in [6.45, 7) is 8.18. The zero-order chi connectivity index (χ0) is 30.4. The smallest absolute Gasteiger partial charge is 0.112 e. The molecular formula is C41H64N2. The largest absolute Gasteiger partial charge is 0.335 e. The van der Waals surface area contributed by atoms with Gasteiger partial charge in [-0.3, -0.25) is 0 Å². The van der Waals surface area contributed by atoms with E-state index in [2.05, 4.69) is 98.4 Å². The molecule has 1 heterocycles. The highest BCUT2D eigenvalue weighted by atomic mass is 15.1. The van der Waals surface area contributed by atoms with Gasteiger partial charge in [0.1, 0.15) is 5.82 Å². The van der Waals surface area contributed by atoms with Crippen LogP contribution in [-0.4, -0.2) is 9.55 Å². The lowest BCUT2D eigenvalue weighted by atomic mass is 9.66. The summed E-state index contributed by atoms with van der Waals surface area (Å²) in [6.07, 6.45) is 31.4. The fourth-order valence-corrected chi connectivity index (χ4v) is 7.07. The van der Waals surface area contributed by atoms with E-state index in [1.54, 1.807) is 0 Å². The molecule has 0 fully saturated rings. The van der Waals surface area contributed by atoms with Gasteiger partial charge in [-0.25, -0.2) is 4.98 Å². The number of unbranched alkanes of at least 4 members (excludes halogenated alkanes) is 16. The highest BCUT2D eigenvalue weighted by Gasteiger charge is 2.39. The van der Waals surface area contributed by atoms with Crippen molar-refractivity contribution in [3.05, 3.63) is 90.0 Å². The first kappa shape index (κ1) is 35.1. The molecule has 43 heavy (non-hydrogen) atoms. The molecule has 2 heteroatoms. The Morgan fingerprint density at radius 2 is 1.09 bits per heavy atom. The van der Waals surface area contributed by atoms with Crippen molar-refractivity contribution < 1.29 is 0 Å². The monoisotopic (exact) mass is 585 g/mol. The van der Waals surface area contributed by atoms with E-state index >= 15 is 0 Å². The van der Waals surface area contributed by atoms with Crippen molar-refractivity contribution in [3.63, 3.8) is 0 Å². The van der Waals surface area contributed by atoms with E-state index in [-0.39, 0.29) is 5.41 Å². The molecule has 3 aromatic rings. The molecule has 2 unspecified atom stereocenters. The maximum Gasteiger partial charge on any atom is 0.112 e. The van der Waals surface area contributed by atoms with E-state index in [1.165, 1.54) is 139 Å². The van der Waals surface area contributed by atoms with Crippen molar-refractivity contribution in [2.45, 2.75) is 167 Å². The van der Waals surface area contributed by atoms with Gasteiger partial charge in [0.25, 0.3) is 0 Å². The number of hydrogen-bond donors (Lipinski definition) is 0. The minimum atomic E-state index is -0.0214. The van der Waals surface area contributed by atoms with Gasteiger partial charge in [0, 0.05) is 30.3 Å². The second-order valence-electron chi connectivity index (χ2n) is 13.4. The fourth-order valence-electron chi connectivity index (χ4n) is 7.07. The average Bonchev–Trinajstić information content (AvgIpc) is 3.49. The summed E-state index contributed by atoms with van der Waals surface area (Å²) in [4.78, 5) is 5.08. The van der Waals surface area contributed by atoms with Crippen LogP contribution in [0.5, 0.6) is 0 Å². The summed E-state index contributed by atoms with van der Waals surface area (Å²) in [5, 5.41) is 0. The van der Waals surface area contributed by atoms with Crippen molar-refractivity contribution in [2.24, 2.45) is 0 Å². The predicted molar refractivity (Wildman–Crippen MR) is 188 cm³/mol. The predicted octanol–water partition coefficient (Wildman–Crippen LogP) is 12.6. The summed E-state index contributed by atoms with van der Waals surface area (Å²) in [5.41, 5.74) is 2.83. The van der Waals surface area contributed by atoms with Crippen LogP contribution in [-0.2, 0) is 18.4 Å². The van der Waals surface area contributed by atoms with Crippen LogP contribution in [0, 0.1) is 0 Å². The maximum absolute atomic E-state index is 5.08. The summed E-state index contributed by atoms with van der Waals surface area (Å²) in [7, 11) is 0. The van der Waals surface area contributed by atoms with E-state index in [0.717, 1.165) is 13.0 Å². The normalized spacial score (nSPS) is 13.7. The van der Waals surface area contributed by atoms with Gasteiger partial charge < -0.3 is 4.57 Å². The van der Waals surface area contributed by atoms with Crippen LogP contribution in [0.15, 0.2) is 73.1 Å². The number of aryl methyl sites for hydroxylation is 1. The number of nitrogens with zero attached hydrogens (tertiary/aromatic N) is 2. The molecule has 0 bridgehead atoms. The molecule has 1 aromatic heterocycles. The van der Waals surface area contributed by atoms with E-state index in [0.29, 0.717) is 5.92 Å². The number of benzene rings is 2. The Bertz CT molecular complexity index is 1060. The Morgan fingerprint density at radius 1 is 0.605 bits per heavy atom. The molecule has 2 atom stereocenters. The lowest BCUT2D eigenvalue weighted by Gasteiger charge is -2.39. The molecule has 0 saturated carbocycles. The molecule has 0 radical (unpaired) electrons. The average molecular weight is 585 g/mol. The second kappa shape index (κ2) is 21.4. The molecule has 0 aliphatic heterocycles. The van der Waals surface area contributed by atoms with Crippen LogP contribution in [0.1, 0.15) is 166 Å². The summed E-state index contributed by atoms with van der Waals surface area (Å²) < 4.78 is 2.48. The molecule has 2 aromatic carbocycles. The van der Waals surface area contributed by atoms with Gasteiger partial charge in [-0.2, -0.15) is 0 Å². The van der Waals surface area contributed by atoms with E-state index in [4.69, 9.17) is 4.98 Å². The minimum Gasteiger partial charge on any atom is -0.335 e. The Hall–Kier alpha value is -2.35. The summed E-state index contributed by atoms with van der Waals surface area (Å²) >= 11 is 0. The molecule has 0 saturated heterocycles. The van der Waals surface area contributed by atoms with E-state index in [9.17, 15) is 0 Å². The molecule has 0 amide bonds. The van der Waals surface area contributed by atoms with Gasteiger partial charge in [-0.1, -0.05) is 191 Å². The van der Waals surface area contributed by atoms with Crippen LogP contribution < -0.4 is 0 Å². The quantitative estimate of drug-likeness (QED) is 0.0906. The lowest BCUT2D eigenvalue weighted by Crippen LogP contribution is -2.35. The first-order valence-electron chi connectivity index (χ1n) is 18.3. The van der Waals surface area contributed by atoms with Gasteiger partial charge in [-0.05, 0) is 30.4 Å². The number of rotatable bonds is 25. The fraction of sp³-hybridized carbons (Fsp3) is 0.634. The SMILES string of the molecule is CCCCCCCCCCCCCCCCCC(c1nccn1CCCCC)C(C)(Cc1ccccc1)c1ccccc1. The molecule has 2 nitrogen and oxygen atoms in total. The number of aromatic nitrogens is 2. The molecule has 3 rings (SSSR count). The Kier molecular flexibility index (Phi) is 17.5. The third-order valence-corrected chi connectivity index (χ3v) is 9.77. The minimum absolute atomic E-state index is 0.0214. The van der Waals surface area contributed by atoms with Crippen LogP contribution in [0.3, 0.4) is 0 Å². The molecule has 0 aliphatic carbocycles. The number of imidazole rings is 1. The van der Waals surface area contributed by atoms with Crippen molar-refractivity contribution in [3.8, 4) is 0 Å². The Balaban J connectivity index is 1.57. The Morgan fingerprint density at radius 3 is 1.65 bits per heavy atom. The standard InChI is InChI=1S/C41H64N2/c1-4-6-8-9-10-11-12-13-14-15-16-17-18-19-26-32-39(40-42-33-35-43(40)34-27-7-5-2)41(3,38-30-24-21-25-31-38)36-37-28-22-20-23-29-37/h20-25,28-31,33,35,39H,4-19,26-27,32,34,36H2,1-3H3. The molecule has 0 aliphatic rings. The zero-order valence-electron chi connectivity index (χ0n) is 28.2. The highest BCUT2D eigenvalue weighted by Crippen LogP contribution is 2.44. The maximum atomic E-state index is 5.08. The third-order valence-electron chi connectivity index (χ3n) is 9.77. The van der Waals surface area contributed by atoms with Crippen LogP contribution in [0.2, 0.25) is 0 Å². The third kappa shape index (κ3) is 12.7. The molecule has 238 valence electrons. The van der Waals surface area contributed by atoms with E-state index in [1.807, 2.05) is 0 Å². The Labute approximate surface area is 266 Å². The zero-order valence-corrected chi connectivity index (χ0v) is 28.2. The van der Waals surface area contributed by atoms with Gasteiger partial charge in [0.05, 0.1) is 0 Å². The lowest BCUT2D eigenvalue weighted by molar-refractivity contribution is 0.321. The first-order chi connectivity index (χ1) is 21.2. The number of hydrogen-bond acceptors (Lipinski definition) is 1. The van der Waals surface area contributed by atoms with Crippen molar-refractivity contribution in [2.75, 3.05) is 0 Å². The van der Waals surface area contributed by atoms with Crippen LogP contribution in [0.25, 0.3) is 0 Å². The van der Waals surface area contributed by atoms with Crippen molar-refractivity contribution >= 4 is 0 Å². The van der Waals surface area contributed by atoms with Gasteiger partial charge in [0.2, 0.25) is 0 Å². The first-order valence-corrected chi connectivity index (χ1v) is 18.3. The van der Waals surface area contributed by atoms with Crippen molar-refractivity contribution in [1.29, 1.82) is 0 Å². The van der Waals surface area contributed by atoms with Crippen LogP contribution in [0.4, 0.5) is 0 Å². The molecule has 0 spiro atoms. The van der Waals surface area contributed by atoms with E-state index < -0.39 is 0 Å². The summed E-state index contributed by atoms with van der Waals surface area (Å²) in [6, 6.07) is 22.4. The molecule has 0 N–H and O–H groups in total. The van der Waals surface area contributed by atoms with Crippen molar-refractivity contribution in [1.82, 2.24) is 9.55 Å². The van der Waals surface area contributed by atoms with Gasteiger partial charge >= 0.3 is 0 Å². The second-order valence-corrected chi connectivity index (χ2v) is 13.4.